The Morgan fingerprint density at radius 3 is 1.94 bits per heavy atom. The third-order valence-corrected chi connectivity index (χ3v) is 5.83. The van der Waals surface area contributed by atoms with Gasteiger partial charge in [0, 0.05) is 34.5 Å². The minimum atomic E-state index is -5.08. The van der Waals surface area contributed by atoms with Gasteiger partial charge in [-0.25, -0.2) is 4.79 Å². The molecule has 1 amide bonds. The molecule has 186 valence electrons. The van der Waals surface area contributed by atoms with Crippen LogP contribution in [0.25, 0.3) is 0 Å². The summed E-state index contributed by atoms with van der Waals surface area (Å²) in [4.78, 5) is 46.3. The number of rotatable bonds is 4. The smallest absolute Gasteiger partial charge is 0.475 e. The zero-order valence-electron chi connectivity index (χ0n) is 18.5. The standard InChI is InChI=1S/C22H23N3O3.C2HF3O2/c23-12-19(26)25-14-10-8-13(9-11-14)24-18-7-3-6-17-20(18)22(28)16-5-2-1-4-15(16)21(17)27;3-2(4,5)1(6)7/h1-7,13-14,24H,8-12,23H2,(H,25,26);(H,6,7). The van der Waals surface area contributed by atoms with Crippen LogP contribution in [0.15, 0.2) is 42.5 Å². The molecule has 0 heterocycles. The van der Waals surface area contributed by atoms with Crippen LogP contribution in [0.3, 0.4) is 0 Å². The number of carboxylic acid groups (broad SMARTS) is 1. The highest BCUT2D eigenvalue weighted by Gasteiger charge is 2.38. The number of nitrogens with two attached hydrogens (primary N) is 1. The van der Waals surface area contributed by atoms with Crippen molar-refractivity contribution >= 4 is 29.1 Å². The molecule has 2 aliphatic rings. The van der Waals surface area contributed by atoms with Crippen molar-refractivity contribution in [1.82, 2.24) is 5.32 Å². The monoisotopic (exact) mass is 491 g/mol. The summed E-state index contributed by atoms with van der Waals surface area (Å²) >= 11 is 0. The minimum Gasteiger partial charge on any atom is -0.475 e. The second-order valence-electron chi connectivity index (χ2n) is 8.20. The third-order valence-electron chi connectivity index (χ3n) is 5.83. The lowest BCUT2D eigenvalue weighted by Crippen LogP contribution is -2.42. The van der Waals surface area contributed by atoms with Crippen molar-refractivity contribution in [3.8, 4) is 0 Å². The molecule has 2 aliphatic carbocycles. The number of benzene rings is 2. The molecule has 0 unspecified atom stereocenters. The van der Waals surface area contributed by atoms with E-state index in [4.69, 9.17) is 15.6 Å². The van der Waals surface area contributed by atoms with Crippen molar-refractivity contribution in [2.75, 3.05) is 11.9 Å². The summed E-state index contributed by atoms with van der Waals surface area (Å²) in [5.41, 5.74) is 7.91. The number of halogens is 3. The first-order valence-electron chi connectivity index (χ1n) is 10.9. The molecule has 2 aromatic carbocycles. The number of ketones is 2. The molecule has 0 aliphatic heterocycles. The molecule has 1 fully saturated rings. The fraction of sp³-hybridized carbons (Fsp3) is 0.333. The normalized spacial score (nSPS) is 19.0. The van der Waals surface area contributed by atoms with Gasteiger partial charge < -0.3 is 21.5 Å². The van der Waals surface area contributed by atoms with Gasteiger partial charge in [-0.2, -0.15) is 13.2 Å². The van der Waals surface area contributed by atoms with Crippen LogP contribution in [0, 0.1) is 0 Å². The lowest BCUT2D eigenvalue weighted by atomic mass is 9.83. The Hall–Kier alpha value is -3.73. The van der Waals surface area contributed by atoms with E-state index in [2.05, 4.69) is 10.6 Å². The van der Waals surface area contributed by atoms with Crippen molar-refractivity contribution in [3.05, 3.63) is 64.7 Å². The Kier molecular flexibility index (Phi) is 7.90. The quantitative estimate of drug-likeness (QED) is 0.440. The molecule has 0 saturated heterocycles. The average Bonchev–Trinajstić information content (AvgIpc) is 2.83. The zero-order chi connectivity index (χ0) is 25.8. The summed E-state index contributed by atoms with van der Waals surface area (Å²) in [6.45, 7) is 0.00590. The van der Waals surface area contributed by atoms with Gasteiger partial charge >= 0.3 is 12.1 Å². The molecule has 0 aromatic heterocycles. The minimum absolute atomic E-state index is 0.00590. The summed E-state index contributed by atoms with van der Waals surface area (Å²) in [7, 11) is 0. The lowest BCUT2D eigenvalue weighted by Gasteiger charge is -2.31. The van der Waals surface area contributed by atoms with E-state index >= 15 is 0 Å². The molecule has 8 nitrogen and oxygen atoms in total. The van der Waals surface area contributed by atoms with Gasteiger partial charge in [0.05, 0.1) is 12.1 Å². The number of nitrogens with one attached hydrogen (secondary N) is 2. The topological polar surface area (TPSA) is 139 Å². The molecular weight excluding hydrogens is 467 g/mol. The Morgan fingerprint density at radius 2 is 1.40 bits per heavy atom. The SMILES string of the molecule is NCC(=O)NC1CCC(Nc2cccc3c2C(=O)c2ccccc2C3=O)CC1.O=C(O)C(F)(F)F. The maximum Gasteiger partial charge on any atom is 0.490 e. The van der Waals surface area contributed by atoms with Gasteiger partial charge in [-0.05, 0) is 31.7 Å². The van der Waals surface area contributed by atoms with Crippen LogP contribution in [0.1, 0.15) is 57.5 Å². The summed E-state index contributed by atoms with van der Waals surface area (Å²) in [6.07, 6.45) is -1.63. The molecule has 0 bridgehead atoms. The summed E-state index contributed by atoms with van der Waals surface area (Å²) in [6, 6.07) is 12.7. The number of carboxylic acids is 1. The number of carbonyl (C=O) groups is 4. The highest BCUT2D eigenvalue weighted by molar-refractivity contribution is 6.30. The Morgan fingerprint density at radius 1 is 0.886 bits per heavy atom. The van der Waals surface area contributed by atoms with Crippen molar-refractivity contribution in [1.29, 1.82) is 0 Å². The number of hydrogen-bond donors (Lipinski definition) is 4. The van der Waals surface area contributed by atoms with E-state index in [1.165, 1.54) is 0 Å². The van der Waals surface area contributed by atoms with Crippen molar-refractivity contribution in [2.45, 2.75) is 43.9 Å². The van der Waals surface area contributed by atoms with Gasteiger partial charge in [-0.1, -0.05) is 36.4 Å². The molecule has 4 rings (SSSR count). The lowest BCUT2D eigenvalue weighted by molar-refractivity contribution is -0.192. The highest BCUT2D eigenvalue weighted by Crippen LogP contribution is 2.33. The number of hydrogen-bond acceptors (Lipinski definition) is 6. The molecule has 2 aromatic rings. The van der Waals surface area contributed by atoms with E-state index in [1.54, 1.807) is 30.3 Å². The second kappa shape index (κ2) is 10.7. The number of carbonyl (C=O) groups excluding carboxylic acids is 3. The van der Waals surface area contributed by atoms with Crippen LogP contribution in [-0.2, 0) is 9.59 Å². The number of aliphatic carboxylic acids is 1. The van der Waals surface area contributed by atoms with E-state index < -0.39 is 12.1 Å². The molecule has 0 spiro atoms. The van der Waals surface area contributed by atoms with Crippen LogP contribution in [0.5, 0.6) is 0 Å². The summed E-state index contributed by atoms with van der Waals surface area (Å²) < 4.78 is 31.7. The van der Waals surface area contributed by atoms with Gasteiger partial charge in [0.2, 0.25) is 5.91 Å². The third kappa shape index (κ3) is 6.04. The number of amides is 1. The molecule has 35 heavy (non-hydrogen) atoms. The van der Waals surface area contributed by atoms with E-state index in [1.807, 2.05) is 12.1 Å². The van der Waals surface area contributed by atoms with Gasteiger partial charge in [-0.3, -0.25) is 14.4 Å². The Balaban J connectivity index is 0.000000429. The van der Waals surface area contributed by atoms with Crippen molar-refractivity contribution in [2.24, 2.45) is 5.73 Å². The van der Waals surface area contributed by atoms with Crippen LogP contribution in [0.2, 0.25) is 0 Å². The molecular formula is C24H24F3N3O5. The van der Waals surface area contributed by atoms with Gasteiger partial charge in [-0.15, -0.1) is 0 Å². The first-order valence-corrected chi connectivity index (χ1v) is 10.9. The number of alkyl halides is 3. The van der Waals surface area contributed by atoms with Gasteiger partial charge in [0.1, 0.15) is 0 Å². The fourth-order valence-electron chi connectivity index (χ4n) is 4.15. The van der Waals surface area contributed by atoms with Gasteiger partial charge in [0.25, 0.3) is 0 Å². The fourth-order valence-corrected chi connectivity index (χ4v) is 4.15. The van der Waals surface area contributed by atoms with E-state index in [9.17, 15) is 27.6 Å². The largest absolute Gasteiger partial charge is 0.490 e. The zero-order valence-corrected chi connectivity index (χ0v) is 18.5. The van der Waals surface area contributed by atoms with Crippen LogP contribution in [0.4, 0.5) is 18.9 Å². The summed E-state index contributed by atoms with van der Waals surface area (Å²) in [5, 5.41) is 13.5. The predicted molar refractivity (Wildman–Crippen MR) is 120 cm³/mol. The summed E-state index contributed by atoms with van der Waals surface area (Å²) in [5.74, 6) is -3.11. The molecule has 5 N–H and O–H groups in total. The van der Waals surface area contributed by atoms with Crippen LogP contribution >= 0.6 is 0 Å². The van der Waals surface area contributed by atoms with E-state index in [0.29, 0.717) is 27.9 Å². The Bertz CT molecular complexity index is 1140. The van der Waals surface area contributed by atoms with Crippen LogP contribution < -0.4 is 16.4 Å². The van der Waals surface area contributed by atoms with E-state index in [-0.39, 0.29) is 36.1 Å². The van der Waals surface area contributed by atoms with Gasteiger partial charge in [0.15, 0.2) is 11.6 Å². The van der Waals surface area contributed by atoms with Crippen LogP contribution in [-0.4, -0.2) is 53.4 Å². The Labute approximate surface area is 198 Å². The second-order valence-corrected chi connectivity index (χ2v) is 8.20. The predicted octanol–water partition coefficient (Wildman–Crippen LogP) is 2.89. The van der Waals surface area contributed by atoms with E-state index in [0.717, 1.165) is 25.7 Å². The molecule has 0 radical (unpaired) electrons. The number of fused-ring (bicyclic) bond motifs is 2. The van der Waals surface area contributed by atoms with Crippen molar-refractivity contribution < 1.29 is 37.5 Å². The highest BCUT2D eigenvalue weighted by atomic mass is 19.4. The number of anilines is 1. The molecule has 11 heteroatoms. The average molecular weight is 491 g/mol. The molecule has 0 atom stereocenters. The first-order chi connectivity index (χ1) is 16.5. The first kappa shape index (κ1) is 25.9. The van der Waals surface area contributed by atoms with Crippen molar-refractivity contribution in [3.63, 3.8) is 0 Å². The maximum absolute atomic E-state index is 13.1. The molecule has 1 saturated carbocycles. The maximum atomic E-state index is 13.1.